The number of carbonyl (C=O) groups excluding carboxylic acids is 4. The Hall–Kier alpha value is -3.33. The predicted molar refractivity (Wildman–Crippen MR) is 104 cm³/mol. The topological polar surface area (TPSA) is 117 Å². The molecule has 0 aromatic heterocycles. The number of nitrogens with one attached hydrogen (secondary N) is 2. The first kappa shape index (κ1) is 18.5. The number of hydrogen-bond donors (Lipinski definition) is 2. The lowest BCUT2D eigenvalue weighted by molar-refractivity contribution is -0.119. The van der Waals surface area contributed by atoms with Gasteiger partial charge in [-0.2, -0.15) is 4.99 Å². The van der Waals surface area contributed by atoms with Crippen LogP contribution in [0.4, 0.5) is 5.69 Å². The molecule has 1 heterocycles. The van der Waals surface area contributed by atoms with E-state index in [9.17, 15) is 19.2 Å². The minimum absolute atomic E-state index is 0.0134. The lowest BCUT2D eigenvalue weighted by Gasteiger charge is -2.13. The third kappa shape index (κ3) is 4.45. The van der Waals surface area contributed by atoms with E-state index in [2.05, 4.69) is 20.6 Å². The first-order valence-corrected chi connectivity index (χ1v) is 8.86. The van der Waals surface area contributed by atoms with Crippen molar-refractivity contribution in [3.8, 4) is 0 Å². The second kappa shape index (κ2) is 7.92. The number of fused-ring (bicyclic) bond motifs is 1. The van der Waals surface area contributed by atoms with Gasteiger partial charge in [-0.1, -0.05) is 48.2 Å². The number of amides is 4. The van der Waals surface area contributed by atoms with Gasteiger partial charge in [-0.15, -0.1) is 0 Å². The summed E-state index contributed by atoms with van der Waals surface area (Å²) in [4.78, 5) is 53.7. The van der Waals surface area contributed by atoms with Crippen molar-refractivity contribution in [2.75, 3.05) is 11.1 Å². The number of hydrogen-bond acceptors (Lipinski definition) is 5. The number of anilines is 1. The normalized spacial score (nSPS) is 15.4. The van der Waals surface area contributed by atoms with Crippen molar-refractivity contribution in [2.45, 2.75) is 6.92 Å². The Balaban J connectivity index is 1.65. The largest absolute Gasteiger partial charge is 0.325 e. The minimum atomic E-state index is -0.911. The monoisotopic (exact) mass is 382 g/mol. The molecule has 27 heavy (non-hydrogen) atoms. The van der Waals surface area contributed by atoms with Crippen molar-refractivity contribution in [1.29, 1.82) is 0 Å². The first-order valence-electron chi connectivity index (χ1n) is 7.88. The van der Waals surface area contributed by atoms with Gasteiger partial charge in [0.1, 0.15) is 0 Å². The number of thioether (sulfide) groups is 1. The Bertz CT molecular complexity index is 1020. The minimum Gasteiger partial charge on any atom is -0.325 e. The number of benzene rings is 2. The molecule has 9 heteroatoms. The van der Waals surface area contributed by atoms with Crippen molar-refractivity contribution in [3.05, 3.63) is 42.5 Å². The van der Waals surface area contributed by atoms with E-state index in [1.165, 1.54) is 0 Å². The van der Waals surface area contributed by atoms with E-state index in [0.717, 1.165) is 29.5 Å². The Morgan fingerprint density at radius 1 is 1.15 bits per heavy atom. The molecule has 0 radical (unpaired) electrons. The predicted octanol–water partition coefficient (Wildman–Crippen LogP) is 1.51. The Labute approximate surface area is 158 Å². The van der Waals surface area contributed by atoms with Gasteiger partial charge in [0.15, 0.2) is 10.9 Å². The molecule has 2 N–H and O–H groups in total. The summed E-state index contributed by atoms with van der Waals surface area (Å²) in [7, 11) is 0. The summed E-state index contributed by atoms with van der Waals surface area (Å²) in [6.45, 7) is 1.12. The summed E-state index contributed by atoms with van der Waals surface area (Å²) < 4.78 is 0. The fourth-order valence-electron chi connectivity index (χ4n) is 2.41. The van der Waals surface area contributed by atoms with E-state index >= 15 is 0 Å². The van der Waals surface area contributed by atoms with Crippen LogP contribution < -0.4 is 10.6 Å². The summed E-state index contributed by atoms with van der Waals surface area (Å²) in [5.74, 6) is -2.78. The molecular formula is C18H14N4O4S. The van der Waals surface area contributed by atoms with Crippen molar-refractivity contribution >= 4 is 62.7 Å². The SMILES string of the molecule is CC(=O)N=C1C(=O)N=C(SCC(=O)Nc2cccc3ccccc23)NC1=O. The Kier molecular flexibility index (Phi) is 5.41. The number of amidine groups is 1. The van der Waals surface area contributed by atoms with Gasteiger partial charge in [0, 0.05) is 18.0 Å². The van der Waals surface area contributed by atoms with Crippen molar-refractivity contribution in [1.82, 2.24) is 5.32 Å². The second-order valence-electron chi connectivity index (χ2n) is 5.52. The average Bonchev–Trinajstić information content (AvgIpc) is 2.63. The highest BCUT2D eigenvalue weighted by molar-refractivity contribution is 8.14. The summed E-state index contributed by atoms with van der Waals surface area (Å²) in [5.41, 5.74) is 0.104. The summed E-state index contributed by atoms with van der Waals surface area (Å²) in [6.07, 6.45) is 0. The number of rotatable bonds is 3. The maximum atomic E-state index is 12.2. The molecule has 4 amide bonds. The summed E-state index contributed by atoms with van der Waals surface area (Å²) in [5, 5.41) is 7.03. The molecule has 0 saturated heterocycles. The van der Waals surface area contributed by atoms with Gasteiger partial charge in [0.2, 0.25) is 11.8 Å². The smallest absolute Gasteiger partial charge is 0.303 e. The van der Waals surface area contributed by atoms with Crippen LogP contribution in [0, 0.1) is 0 Å². The van der Waals surface area contributed by atoms with Gasteiger partial charge in [-0.3, -0.25) is 24.5 Å². The highest BCUT2D eigenvalue weighted by Gasteiger charge is 2.28. The molecule has 3 rings (SSSR count). The molecule has 0 unspecified atom stereocenters. The van der Waals surface area contributed by atoms with E-state index in [0.29, 0.717) is 5.69 Å². The van der Waals surface area contributed by atoms with Gasteiger partial charge < -0.3 is 5.32 Å². The summed E-state index contributed by atoms with van der Waals surface area (Å²) >= 11 is 0.904. The standard InChI is InChI=1S/C18H14N4O4S/c1-10(23)19-15-16(25)21-18(22-17(15)26)27-9-14(24)20-13-8-4-6-11-5-2-3-7-12(11)13/h2-8H,9H2,1H3,(H,20,24)(H,21,22,25,26). The summed E-state index contributed by atoms with van der Waals surface area (Å²) in [6, 6.07) is 13.2. The molecule has 0 spiro atoms. The molecule has 0 saturated carbocycles. The van der Waals surface area contributed by atoms with Crippen molar-refractivity contribution in [2.24, 2.45) is 9.98 Å². The lowest BCUT2D eigenvalue weighted by atomic mass is 10.1. The van der Waals surface area contributed by atoms with Gasteiger partial charge in [-0.05, 0) is 11.5 Å². The van der Waals surface area contributed by atoms with Crippen LogP contribution >= 0.6 is 11.8 Å². The fourth-order valence-corrected chi connectivity index (χ4v) is 3.06. The van der Waals surface area contributed by atoms with Crippen molar-refractivity contribution < 1.29 is 19.2 Å². The number of nitrogens with zero attached hydrogens (tertiary/aromatic N) is 2. The van der Waals surface area contributed by atoms with Crippen LogP contribution in [0.15, 0.2) is 52.4 Å². The van der Waals surface area contributed by atoms with E-state index in [1.807, 2.05) is 36.4 Å². The number of aliphatic imine (C=N–C) groups is 2. The molecule has 1 aliphatic heterocycles. The van der Waals surface area contributed by atoms with Crippen LogP contribution in [0.5, 0.6) is 0 Å². The van der Waals surface area contributed by atoms with Gasteiger partial charge >= 0.3 is 5.91 Å². The average molecular weight is 382 g/mol. The third-order valence-electron chi connectivity index (χ3n) is 3.51. The second-order valence-corrected chi connectivity index (χ2v) is 6.48. The molecule has 136 valence electrons. The molecular weight excluding hydrogens is 368 g/mol. The quantitative estimate of drug-likeness (QED) is 0.834. The third-order valence-corrected chi connectivity index (χ3v) is 4.39. The van der Waals surface area contributed by atoms with E-state index < -0.39 is 23.4 Å². The molecule has 0 fully saturated rings. The highest BCUT2D eigenvalue weighted by atomic mass is 32.2. The molecule has 2 aromatic rings. The Morgan fingerprint density at radius 2 is 1.89 bits per heavy atom. The van der Waals surface area contributed by atoms with Crippen LogP contribution in [-0.4, -0.2) is 40.3 Å². The zero-order valence-electron chi connectivity index (χ0n) is 14.2. The van der Waals surface area contributed by atoms with Gasteiger partial charge in [0.05, 0.1) is 5.75 Å². The lowest BCUT2D eigenvalue weighted by Crippen LogP contribution is -2.44. The molecule has 0 atom stereocenters. The fraction of sp³-hybridized carbons (Fsp3) is 0.111. The zero-order chi connectivity index (χ0) is 19.4. The molecule has 2 aromatic carbocycles. The maximum absolute atomic E-state index is 12.2. The van der Waals surface area contributed by atoms with Crippen LogP contribution in [0.1, 0.15) is 6.92 Å². The number of carbonyl (C=O) groups is 4. The Morgan fingerprint density at radius 3 is 2.63 bits per heavy atom. The van der Waals surface area contributed by atoms with E-state index in [-0.39, 0.29) is 16.8 Å². The van der Waals surface area contributed by atoms with Crippen LogP contribution in [0.25, 0.3) is 10.8 Å². The van der Waals surface area contributed by atoms with Crippen LogP contribution in [0.3, 0.4) is 0 Å². The van der Waals surface area contributed by atoms with Crippen LogP contribution in [0.2, 0.25) is 0 Å². The zero-order valence-corrected chi connectivity index (χ0v) is 15.0. The maximum Gasteiger partial charge on any atom is 0.303 e. The van der Waals surface area contributed by atoms with Crippen molar-refractivity contribution in [3.63, 3.8) is 0 Å². The molecule has 1 aliphatic rings. The van der Waals surface area contributed by atoms with Gasteiger partial charge in [0.25, 0.3) is 5.91 Å². The first-order chi connectivity index (χ1) is 12.9. The molecule has 0 bridgehead atoms. The van der Waals surface area contributed by atoms with E-state index in [4.69, 9.17) is 0 Å². The molecule has 0 aliphatic carbocycles. The van der Waals surface area contributed by atoms with E-state index in [1.54, 1.807) is 6.07 Å². The highest BCUT2D eigenvalue weighted by Crippen LogP contribution is 2.23. The molecule has 8 nitrogen and oxygen atoms in total. The van der Waals surface area contributed by atoms with Gasteiger partial charge in [-0.25, -0.2) is 4.99 Å². The van der Waals surface area contributed by atoms with Crippen LogP contribution in [-0.2, 0) is 19.2 Å².